The van der Waals surface area contributed by atoms with E-state index in [0.29, 0.717) is 5.56 Å². The molecule has 3 rings (SSSR count). The Balaban J connectivity index is 1.85. The van der Waals surface area contributed by atoms with E-state index in [2.05, 4.69) is 4.74 Å². The Morgan fingerprint density at radius 1 is 0.903 bits per heavy atom. The van der Waals surface area contributed by atoms with Crippen LogP contribution in [0.5, 0.6) is 5.75 Å². The van der Waals surface area contributed by atoms with Gasteiger partial charge < -0.3 is 9.64 Å². The van der Waals surface area contributed by atoms with Crippen LogP contribution in [0.1, 0.15) is 22.3 Å². The van der Waals surface area contributed by atoms with E-state index < -0.39 is 6.36 Å². The number of aryl methyl sites for hydroxylation is 2. The summed E-state index contributed by atoms with van der Waals surface area (Å²) in [6, 6.07) is 21.1. The molecule has 0 bridgehead atoms. The average Bonchev–Trinajstić information content (AvgIpc) is 2.71. The number of carbonyl (C=O) groups excluding carboxylic acids is 1. The summed E-state index contributed by atoms with van der Waals surface area (Å²) in [4.78, 5) is 14.8. The van der Waals surface area contributed by atoms with Crippen molar-refractivity contribution < 1.29 is 22.7 Å². The van der Waals surface area contributed by atoms with Crippen LogP contribution in [0.15, 0.2) is 72.8 Å². The van der Waals surface area contributed by atoms with E-state index in [0.717, 1.165) is 22.4 Å². The number of ether oxygens (including phenoxy) is 1. The molecular formula is C25H24F3NO2. The highest BCUT2D eigenvalue weighted by molar-refractivity contribution is 5.95. The lowest BCUT2D eigenvalue weighted by Crippen LogP contribution is -2.34. The average molecular weight is 427 g/mol. The first kappa shape index (κ1) is 22.4. The first-order valence-electron chi connectivity index (χ1n) is 9.98. The van der Waals surface area contributed by atoms with Crippen LogP contribution in [-0.2, 0) is 17.6 Å². The molecule has 0 saturated heterocycles. The summed E-state index contributed by atoms with van der Waals surface area (Å²) < 4.78 is 42.4. The molecule has 0 aromatic heterocycles. The Hall–Kier alpha value is -3.28. The predicted molar refractivity (Wildman–Crippen MR) is 115 cm³/mol. The highest BCUT2D eigenvalue weighted by Crippen LogP contribution is 2.27. The zero-order valence-corrected chi connectivity index (χ0v) is 17.4. The Morgan fingerprint density at radius 3 is 2.26 bits per heavy atom. The van der Waals surface area contributed by atoms with Crippen molar-refractivity contribution in [3.05, 3.63) is 95.1 Å². The monoisotopic (exact) mass is 427 g/mol. The quantitative estimate of drug-likeness (QED) is 0.461. The molecular weight excluding hydrogens is 403 g/mol. The summed E-state index contributed by atoms with van der Waals surface area (Å²) in [5.41, 5.74) is 4.13. The van der Waals surface area contributed by atoms with Crippen molar-refractivity contribution >= 4 is 11.6 Å². The first-order chi connectivity index (χ1) is 14.7. The molecule has 0 fully saturated rings. The lowest BCUT2D eigenvalue weighted by Gasteiger charge is -2.24. The van der Waals surface area contributed by atoms with E-state index in [1.165, 1.54) is 12.1 Å². The normalized spacial score (nSPS) is 11.3. The second-order valence-electron chi connectivity index (χ2n) is 7.38. The second-order valence-corrected chi connectivity index (χ2v) is 7.38. The Kier molecular flexibility index (Phi) is 7.00. The molecule has 6 heteroatoms. The SMILES string of the molecule is Cc1ccc(N(CCc2ccccc2OC(F)(F)F)C(=O)Cc2ccccc2)cc1C. The zero-order valence-electron chi connectivity index (χ0n) is 17.4. The fraction of sp³-hybridized carbons (Fsp3) is 0.240. The van der Waals surface area contributed by atoms with Crippen LogP contribution in [0.2, 0.25) is 0 Å². The maximum absolute atomic E-state index is 13.2. The number of rotatable bonds is 7. The molecule has 0 aliphatic carbocycles. The number of halogens is 3. The molecule has 3 aromatic rings. The maximum Gasteiger partial charge on any atom is 0.573 e. The third-order valence-electron chi connectivity index (χ3n) is 5.10. The van der Waals surface area contributed by atoms with Crippen LogP contribution in [0, 0.1) is 13.8 Å². The fourth-order valence-electron chi connectivity index (χ4n) is 3.32. The molecule has 0 atom stereocenters. The number of hydrogen-bond donors (Lipinski definition) is 0. The Morgan fingerprint density at radius 2 is 1.58 bits per heavy atom. The molecule has 0 unspecified atom stereocenters. The van der Waals surface area contributed by atoms with Gasteiger partial charge in [-0.15, -0.1) is 13.2 Å². The molecule has 3 aromatic carbocycles. The van der Waals surface area contributed by atoms with E-state index in [9.17, 15) is 18.0 Å². The molecule has 162 valence electrons. The molecule has 0 heterocycles. The minimum absolute atomic E-state index is 0.122. The van der Waals surface area contributed by atoms with Crippen molar-refractivity contribution in [2.75, 3.05) is 11.4 Å². The van der Waals surface area contributed by atoms with Gasteiger partial charge in [0.15, 0.2) is 0 Å². The smallest absolute Gasteiger partial charge is 0.406 e. The summed E-state index contributed by atoms with van der Waals surface area (Å²) in [6.45, 7) is 4.18. The van der Waals surface area contributed by atoms with E-state index >= 15 is 0 Å². The van der Waals surface area contributed by atoms with Gasteiger partial charge in [-0.2, -0.15) is 0 Å². The van der Waals surface area contributed by atoms with Gasteiger partial charge in [0.05, 0.1) is 6.42 Å². The molecule has 31 heavy (non-hydrogen) atoms. The van der Waals surface area contributed by atoms with Crippen molar-refractivity contribution in [1.29, 1.82) is 0 Å². The minimum Gasteiger partial charge on any atom is -0.406 e. The summed E-state index contributed by atoms with van der Waals surface area (Å²) >= 11 is 0. The largest absolute Gasteiger partial charge is 0.573 e. The van der Waals surface area contributed by atoms with Crippen molar-refractivity contribution in [1.82, 2.24) is 0 Å². The van der Waals surface area contributed by atoms with Gasteiger partial charge in [-0.25, -0.2) is 0 Å². The van der Waals surface area contributed by atoms with Crippen LogP contribution in [-0.4, -0.2) is 18.8 Å². The number of amides is 1. The van der Waals surface area contributed by atoms with Crippen LogP contribution < -0.4 is 9.64 Å². The molecule has 0 radical (unpaired) electrons. The summed E-state index contributed by atoms with van der Waals surface area (Å²) in [5.74, 6) is -0.366. The first-order valence-corrected chi connectivity index (χ1v) is 9.98. The van der Waals surface area contributed by atoms with Crippen LogP contribution in [0.4, 0.5) is 18.9 Å². The van der Waals surface area contributed by atoms with Gasteiger partial charge >= 0.3 is 6.36 Å². The number of carbonyl (C=O) groups is 1. The highest BCUT2D eigenvalue weighted by atomic mass is 19.4. The van der Waals surface area contributed by atoms with Gasteiger partial charge in [0, 0.05) is 12.2 Å². The van der Waals surface area contributed by atoms with E-state index in [1.807, 2.05) is 62.4 Å². The highest BCUT2D eigenvalue weighted by Gasteiger charge is 2.32. The lowest BCUT2D eigenvalue weighted by atomic mass is 10.1. The molecule has 3 nitrogen and oxygen atoms in total. The summed E-state index contributed by atoms with van der Waals surface area (Å²) in [5, 5.41) is 0. The molecule has 0 N–H and O–H groups in total. The fourth-order valence-corrected chi connectivity index (χ4v) is 3.32. The Labute approximate surface area is 180 Å². The van der Waals surface area contributed by atoms with Gasteiger partial charge in [-0.1, -0.05) is 54.6 Å². The number of alkyl halides is 3. The third kappa shape index (κ3) is 6.35. The van der Waals surface area contributed by atoms with E-state index in [4.69, 9.17) is 0 Å². The van der Waals surface area contributed by atoms with Crippen LogP contribution in [0.25, 0.3) is 0 Å². The van der Waals surface area contributed by atoms with Crippen LogP contribution in [0.3, 0.4) is 0 Å². The van der Waals surface area contributed by atoms with Gasteiger partial charge in [0.25, 0.3) is 0 Å². The number of hydrogen-bond acceptors (Lipinski definition) is 2. The van der Waals surface area contributed by atoms with Gasteiger partial charge in [0.2, 0.25) is 5.91 Å². The van der Waals surface area contributed by atoms with Crippen molar-refractivity contribution in [2.24, 2.45) is 0 Å². The number of para-hydroxylation sites is 1. The summed E-state index contributed by atoms with van der Waals surface area (Å²) in [7, 11) is 0. The molecule has 0 saturated carbocycles. The molecule has 0 aliphatic heterocycles. The molecule has 1 amide bonds. The minimum atomic E-state index is -4.77. The van der Waals surface area contributed by atoms with Crippen molar-refractivity contribution in [3.63, 3.8) is 0 Å². The standard InChI is InChI=1S/C25H24F3NO2/c1-18-12-13-22(16-19(18)2)29(24(30)17-20-8-4-3-5-9-20)15-14-21-10-6-7-11-23(21)31-25(26,27)28/h3-13,16H,14-15,17H2,1-2H3. The zero-order chi connectivity index (χ0) is 22.4. The number of anilines is 1. The van der Waals surface area contributed by atoms with Crippen molar-refractivity contribution in [2.45, 2.75) is 33.1 Å². The van der Waals surface area contributed by atoms with E-state index in [1.54, 1.807) is 17.0 Å². The number of nitrogens with zero attached hydrogens (tertiary/aromatic N) is 1. The molecule has 0 spiro atoms. The van der Waals surface area contributed by atoms with Gasteiger partial charge in [0.1, 0.15) is 5.75 Å². The van der Waals surface area contributed by atoms with Gasteiger partial charge in [-0.05, 0) is 60.7 Å². The Bertz CT molecular complexity index is 1030. The third-order valence-corrected chi connectivity index (χ3v) is 5.10. The van der Waals surface area contributed by atoms with E-state index in [-0.39, 0.29) is 31.0 Å². The topological polar surface area (TPSA) is 29.5 Å². The predicted octanol–water partition coefficient (Wildman–Crippen LogP) is 6.02. The maximum atomic E-state index is 13.2. The lowest BCUT2D eigenvalue weighted by molar-refractivity contribution is -0.274. The molecule has 0 aliphatic rings. The number of benzene rings is 3. The second kappa shape index (κ2) is 9.69. The van der Waals surface area contributed by atoms with Crippen molar-refractivity contribution in [3.8, 4) is 5.75 Å². The van der Waals surface area contributed by atoms with Gasteiger partial charge in [-0.3, -0.25) is 4.79 Å². The van der Waals surface area contributed by atoms with Crippen LogP contribution >= 0.6 is 0 Å². The summed E-state index contributed by atoms with van der Waals surface area (Å²) in [6.07, 6.45) is -4.35.